The molecule has 5 saturated carbocycles. The van der Waals surface area contributed by atoms with Crippen molar-refractivity contribution in [3.05, 3.63) is 127 Å². The van der Waals surface area contributed by atoms with Crippen LogP contribution < -0.4 is 56.6 Å². The van der Waals surface area contributed by atoms with Crippen molar-refractivity contribution in [2.24, 2.45) is 59.0 Å². The number of nitrogens with two attached hydrogens (primary N) is 1. The molecular weight excluding hydrogens is 1800 g/mol. The number of hydrogen-bond acceptors (Lipinski definition) is 28. The predicted octanol–water partition coefficient (Wildman–Crippen LogP) is 8.13. The molecule has 5 aromatic carbocycles. The van der Waals surface area contributed by atoms with Crippen molar-refractivity contribution in [2.75, 3.05) is 38.7 Å². The van der Waals surface area contributed by atoms with Crippen LogP contribution in [0, 0.1) is 53.3 Å². The van der Waals surface area contributed by atoms with Crippen LogP contribution in [0.25, 0.3) is 11.1 Å². The van der Waals surface area contributed by atoms with Crippen molar-refractivity contribution in [1.29, 1.82) is 0 Å². The Morgan fingerprint density at radius 1 is 0.701 bits per heavy atom. The van der Waals surface area contributed by atoms with Crippen molar-refractivity contribution in [3.8, 4) is 45.6 Å². The van der Waals surface area contributed by atoms with Crippen molar-refractivity contribution in [3.63, 3.8) is 0 Å². The van der Waals surface area contributed by atoms with Gasteiger partial charge in [0, 0.05) is 79.8 Å². The van der Waals surface area contributed by atoms with Gasteiger partial charge in [0.25, 0.3) is 0 Å². The smallest absolute Gasteiger partial charge is 0.246 e. The molecule has 0 aromatic heterocycles. The average molecular weight is 1920 g/mol. The summed E-state index contributed by atoms with van der Waals surface area (Å²) in [4.78, 5) is 141. The van der Waals surface area contributed by atoms with Crippen molar-refractivity contribution >= 4 is 86.0 Å². The van der Waals surface area contributed by atoms with E-state index in [1.807, 2.05) is 20.8 Å². The number of aromatic hydroxyl groups is 1. The third-order valence-corrected chi connectivity index (χ3v) is 30.2. The van der Waals surface area contributed by atoms with E-state index in [1.165, 1.54) is 74.5 Å². The Morgan fingerprint density at radius 2 is 1.34 bits per heavy atom. The number of sulfonamides is 1. The van der Waals surface area contributed by atoms with E-state index in [9.17, 15) is 68.8 Å². The SMILES string of the molecule is CCCCCCS(=O)(=O)NCCCCNCc1c(O)cc2c3c1C(O)(O)c1ccc(cc1-3)[C@H]1CC(=O)[C@@H]3NC(=O)[C@H](CC(=O)NC(=O)CC4CC4)CC(=O)[C@H](NC(=O)[C@H](CC)CC(C)C)[C@H](O)c4ccc(c(Cl)c4)Oc4cc3cc(c4O[C@H](OC(CO)CO)[C@@H](CO)O[C@H]3C[C@](C)(N)[C@H](O)[C@H](C)O3)Oc3ccc(cc3Cl)[C@@H](O)[C@H](NC1=O)C(=O)N[C@@H]2C(=O)CC1C2CC3CC(C2)CC1C3. The van der Waals surface area contributed by atoms with Crippen LogP contribution in [-0.4, -0.2) is 200 Å². The molecule has 34 nitrogen and oxygen atoms in total. The van der Waals surface area contributed by atoms with Gasteiger partial charge in [-0.05, 0) is 226 Å². The number of unbranched alkanes of at least 4 members (excludes halogenated alkanes) is 4. The topological polar surface area (TPSA) is 535 Å². The molecule has 0 unspecified atom stereocenters. The Hall–Kier alpha value is -8.70. The van der Waals surface area contributed by atoms with E-state index in [1.54, 1.807) is 6.92 Å². The number of fused-ring (bicyclic) bond motifs is 12. The zero-order valence-corrected chi connectivity index (χ0v) is 78.5. The largest absolute Gasteiger partial charge is 0.508 e. The molecule has 15 atom stereocenters. The molecule has 6 heterocycles. The van der Waals surface area contributed by atoms with Gasteiger partial charge in [-0.1, -0.05) is 94.4 Å². The third-order valence-electron chi connectivity index (χ3n) is 28.1. The van der Waals surface area contributed by atoms with Gasteiger partial charge >= 0.3 is 0 Å². The molecule has 0 radical (unpaired) electrons. The minimum atomic E-state index is -3.57. The average Bonchev–Trinajstić information content (AvgIpc) is 1.59. The first-order valence-corrected chi connectivity index (χ1v) is 49.4. The van der Waals surface area contributed by atoms with Crippen LogP contribution in [0.4, 0.5) is 0 Å². The number of phenols is 1. The molecule has 37 heteroatoms. The monoisotopic (exact) mass is 1920 g/mol. The minimum Gasteiger partial charge on any atom is -0.508 e. The third kappa shape index (κ3) is 23.1. The fourth-order valence-corrected chi connectivity index (χ4v) is 22.6. The molecular formula is C97H126Cl2N8O26S. The standard InChI is InChI=1S/C97H126Cl2N8O26S/c1-7-9-10-13-24-134(126,127)102-23-12-11-22-101-43-65-69(111)41-64-81-63-32-53(16-19-66(63)97(124,125)82(65)81)62-40-71(113)83-58-36-75(130-73-20-17-54(33-67(73)98)87(117)85(106-91(120)52(8-2)25-47(3)4)70(112)35-59(92(121)104-83)38-79(116)103-78(115)31-49-14-15-49)89(133-95(129-60(44-108)45-109)77(46-110)132-80-42-96(6,100)90(119)48(5)128-80)76(37-58)131-74-21-18-55(34-68(74)99)88(118)86(107-93(62)122)94(123)105-84(64)72(114)39-61-56-27-50-26-51(29-56)30-57(61)28-50/h16-21,32-34,36-37,41,47-52,56-57,59-62,77,80,83-88,90,95,101-102,108-111,117-119,124-125H,7-15,22-31,35,38-40,42-46,100H2,1-6H3,(H,104,121)(H,105,123)(H,106,120)(H,107,122)(H,103,115,116)/t48-,50?,51?,52+,56?,57?,59-,61?,62+,77+,80-,83+,84-,85-,86-,87+,88+,90+,95-,96-/m0/s1. The molecule has 1 saturated heterocycles. The molecule has 6 fully saturated rings. The predicted molar refractivity (Wildman–Crippen MR) is 488 cm³/mol. The van der Waals surface area contributed by atoms with Gasteiger partial charge in [-0.15, -0.1) is 0 Å². The van der Waals surface area contributed by atoms with Crippen molar-refractivity contribution in [1.82, 2.24) is 36.6 Å². The number of carbonyl (C=O) groups is 9. The first kappa shape index (κ1) is 101. The number of aliphatic hydroxyl groups is 8. The summed E-state index contributed by atoms with van der Waals surface area (Å²) in [5, 5.41) is 125. The number of ether oxygens (including phenoxy) is 6. The maximum absolute atomic E-state index is 17.0. The van der Waals surface area contributed by atoms with E-state index in [4.69, 9.17) is 57.4 Å². The number of carbonyl (C=O) groups excluding carboxylic acids is 9. The number of hydrogen-bond donors (Lipinski definition) is 17. The summed E-state index contributed by atoms with van der Waals surface area (Å²) in [5.41, 5.74) is 3.49. The first-order valence-electron chi connectivity index (χ1n) is 47.0. The number of nitrogens with one attached hydrogen (secondary N) is 7. The highest BCUT2D eigenvalue weighted by Crippen LogP contribution is 2.60. The highest BCUT2D eigenvalue weighted by Gasteiger charge is 2.53. The summed E-state index contributed by atoms with van der Waals surface area (Å²) in [6, 6.07) is 6.69. The number of imide groups is 1. The quantitative estimate of drug-likeness (QED) is 0.0134. The second-order valence-corrected chi connectivity index (χ2v) is 41.6. The number of aliphatic hydroxyl groups excluding tert-OH is 6. The lowest BCUT2D eigenvalue weighted by molar-refractivity contribution is -0.291. The maximum atomic E-state index is 17.0. The molecule has 0 spiro atoms. The molecule has 18 N–H and O–H groups in total. The fraction of sp³-hybridized carbons (Fsp3) is 0.598. The lowest BCUT2D eigenvalue weighted by atomic mass is 9.51. The van der Waals surface area contributed by atoms with Gasteiger partial charge in [0.1, 0.15) is 65.8 Å². The van der Waals surface area contributed by atoms with Crippen LogP contribution in [-0.2, 0) is 79.7 Å². The van der Waals surface area contributed by atoms with Gasteiger partial charge < -0.3 is 107 Å². The van der Waals surface area contributed by atoms with Gasteiger partial charge in [0.2, 0.25) is 63.3 Å². The Morgan fingerprint density at radius 3 is 1.96 bits per heavy atom. The van der Waals surface area contributed by atoms with Crippen molar-refractivity contribution < 1.29 is 126 Å². The summed E-state index contributed by atoms with van der Waals surface area (Å²) in [6.45, 7) is 7.82. The van der Waals surface area contributed by atoms with Crippen LogP contribution in [0.15, 0.2) is 72.8 Å². The van der Waals surface area contributed by atoms with Gasteiger partial charge in [-0.25, -0.2) is 13.1 Å². The molecule has 12 aliphatic rings. The lowest BCUT2D eigenvalue weighted by Gasteiger charge is -2.54. The van der Waals surface area contributed by atoms with E-state index in [-0.39, 0.29) is 158 Å². The van der Waals surface area contributed by atoms with Crippen LogP contribution in [0.1, 0.15) is 251 Å². The van der Waals surface area contributed by atoms with Gasteiger partial charge in [-0.2, -0.15) is 0 Å². The summed E-state index contributed by atoms with van der Waals surface area (Å²) in [7, 11) is -3.57. The minimum absolute atomic E-state index is 0.0292. The summed E-state index contributed by atoms with van der Waals surface area (Å²) in [6.07, 6.45) is -6.17. The van der Waals surface area contributed by atoms with Crippen molar-refractivity contribution in [2.45, 2.75) is 274 Å². The molecule has 5 aromatic rings. The molecule has 6 amide bonds. The second kappa shape index (κ2) is 43.1. The number of phenolic OH excluding ortho intramolecular Hbond substituents is 1. The normalized spacial score (nSPS) is 27.7. The van der Waals surface area contributed by atoms with Gasteiger partial charge in [0.05, 0.1) is 59.7 Å². The van der Waals surface area contributed by atoms with Gasteiger partial charge in [0.15, 0.2) is 35.1 Å². The number of Topliss-reactive ketones (excluding diaryl/α,β-unsaturated/α-hetero) is 3. The van der Waals surface area contributed by atoms with E-state index >= 15 is 28.8 Å². The van der Waals surface area contributed by atoms with E-state index in [0.717, 1.165) is 63.5 Å². The van der Waals surface area contributed by atoms with Crippen LogP contribution in [0.5, 0.6) is 34.5 Å². The van der Waals surface area contributed by atoms with Crippen LogP contribution in [0.3, 0.4) is 0 Å². The Bertz CT molecular complexity index is 5290. The molecule has 15 bridgehead atoms. The van der Waals surface area contributed by atoms with E-state index in [2.05, 4.69) is 36.6 Å². The highest BCUT2D eigenvalue weighted by atomic mass is 35.5. The number of amides is 6. The number of ketones is 3. The highest BCUT2D eigenvalue weighted by molar-refractivity contribution is 7.89. The fourth-order valence-electron chi connectivity index (χ4n) is 21.0. The number of rotatable bonds is 35. The maximum Gasteiger partial charge on any atom is 0.246 e. The zero-order chi connectivity index (χ0) is 96.3. The van der Waals surface area contributed by atoms with E-state index in [0.29, 0.717) is 50.4 Å². The number of halogens is 2. The van der Waals surface area contributed by atoms with Crippen LogP contribution >= 0.6 is 23.2 Å². The lowest BCUT2D eigenvalue weighted by Crippen LogP contribution is -2.61. The molecule has 730 valence electrons. The molecule has 17 rings (SSSR count). The first-order chi connectivity index (χ1) is 63.8. The van der Waals surface area contributed by atoms with Gasteiger partial charge in [-0.3, -0.25) is 48.5 Å². The Labute approximate surface area is 788 Å². The molecule has 6 aliphatic carbocycles. The van der Waals surface area contributed by atoms with Crippen LogP contribution in [0.2, 0.25) is 10.0 Å². The zero-order valence-electron chi connectivity index (χ0n) is 76.1. The number of benzene rings is 5. The molecule has 134 heavy (non-hydrogen) atoms. The Balaban J connectivity index is 0.957. The summed E-state index contributed by atoms with van der Waals surface area (Å²) < 4.78 is 67.8. The second-order valence-electron chi connectivity index (χ2n) is 38.8. The summed E-state index contributed by atoms with van der Waals surface area (Å²) >= 11 is 14.7. The Kier molecular flexibility index (Phi) is 32.6. The van der Waals surface area contributed by atoms with E-state index < -0.39 is 227 Å². The molecule has 6 aliphatic heterocycles. The summed E-state index contributed by atoms with van der Waals surface area (Å²) in [5.74, 6) is -18.6.